The van der Waals surface area contributed by atoms with Gasteiger partial charge in [0.25, 0.3) is 0 Å². The van der Waals surface area contributed by atoms with Gasteiger partial charge in [-0.15, -0.1) is 0 Å². The largest absolute Gasteiger partial charge is 0.462 e. The van der Waals surface area contributed by atoms with Gasteiger partial charge in [0.05, 0.1) is 0 Å². The predicted molar refractivity (Wildman–Crippen MR) is 348 cm³/mol. The summed E-state index contributed by atoms with van der Waals surface area (Å²) >= 11 is 0. The maximum absolute atomic E-state index is 12.9. The van der Waals surface area contributed by atoms with Gasteiger partial charge >= 0.3 is 17.9 Å². The zero-order chi connectivity index (χ0) is 57.8. The molecule has 6 heteroatoms. The summed E-state index contributed by atoms with van der Waals surface area (Å²) in [5.41, 5.74) is 0. The minimum Gasteiger partial charge on any atom is -0.462 e. The number of esters is 3. The molecule has 1 unspecified atom stereocenters. The first-order chi connectivity index (χ1) is 39.5. The van der Waals surface area contributed by atoms with Crippen molar-refractivity contribution in [2.24, 2.45) is 0 Å². The van der Waals surface area contributed by atoms with E-state index >= 15 is 0 Å². The number of ether oxygens (including phenoxy) is 3. The molecule has 0 bridgehead atoms. The second-order valence-corrected chi connectivity index (χ2v) is 20.2. The Labute approximate surface area is 491 Å². The van der Waals surface area contributed by atoms with Crippen LogP contribution in [0.4, 0.5) is 0 Å². The molecular weight excluding hydrogens is 985 g/mol. The van der Waals surface area contributed by atoms with Gasteiger partial charge in [-0.2, -0.15) is 0 Å². The molecule has 0 spiro atoms. The third-order valence-electron chi connectivity index (χ3n) is 12.6. The Bertz CT molecular complexity index is 1890. The molecule has 0 heterocycles. The SMILES string of the molecule is CC/C=C\C/C=C\C/C=C\C/C=C\C/C=C\C/C=C\C/C=C\C/C=C\C/C=C\CCCCCCCC(=O)OCC(COC(=O)CCCCCCC/C=C\C/C=C\CCCC)OC(=O)CCCC/C=C\C/C=C\C/C=C\C/C=C\CC. The Morgan fingerprint density at radius 1 is 0.263 bits per heavy atom. The monoisotopic (exact) mass is 1100 g/mol. The van der Waals surface area contributed by atoms with E-state index in [0.717, 1.165) is 180 Å². The Kier molecular flexibility index (Phi) is 61.5. The Balaban J connectivity index is 4.40. The van der Waals surface area contributed by atoms with Crippen LogP contribution in [0.1, 0.15) is 245 Å². The number of carbonyl (C=O) groups excluding carboxylic acids is 3. The molecule has 0 aromatic heterocycles. The number of hydrogen-bond acceptors (Lipinski definition) is 6. The molecule has 0 amide bonds. The average molecular weight is 1100 g/mol. The summed E-state index contributed by atoms with van der Waals surface area (Å²) in [5.74, 6) is -1.00. The summed E-state index contributed by atoms with van der Waals surface area (Å²) in [5, 5.41) is 0. The predicted octanol–water partition coefficient (Wildman–Crippen LogP) is 22.0. The molecule has 0 aromatic carbocycles. The first-order valence-electron chi connectivity index (χ1n) is 31.8. The van der Waals surface area contributed by atoms with Crippen LogP contribution in [0.3, 0.4) is 0 Å². The number of carbonyl (C=O) groups is 3. The van der Waals surface area contributed by atoms with E-state index in [4.69, 9.17) is 14.2 Å². The Morgan fingerprint density at radius 3 is 0.787 bits per heavy atom. The van der Waals surface area contributed by atoms with Gasteiger partial charge in [0.1, 0.15) is 13.2 Å². The summed E-state index contributed by atoms with van der Waals surface area (Å²) in [4.78, 5) is 38.2. The molecule has 0 aliphatic rings. The van der Waals surface area contributed by atoms with E-state index in [1.807, 2.05) is 0 Å². The van der Waals surface area contributed by atoms with Gasteiger partial charge in [0, 0.05) is 19.3 Å². The van der Waals surface area contributed by atoms with E-state index in [1.165, 1.54) is 19.3 Å². The second kappa shape index (κ2) is 66.0. The zero-order valence-electron chi connectivity index (χ0n) is 51.0. The Hall–Kier alpha value is -5.49. The van der Waals surface area contributed by atoms with Crippen LogP contribution in [0.2, 0.25) is 0 Å². The summed E-state index contributed by atoms with van der Waals surface area (Å²) in [6.45, 7) is 6.29. The maximum atomic E-state index is 12.9. The van der Waals surface area contributed by atoms with Gasteiger partial charge in [0.2, 0.25) is 0 Å². The lowest BCUT2D eigenvalue weighted by atomic mass is 10.1. The third kappa shape index (κ3) is 63.3. The quantitative estimate of drug-likeness (QED) is 0.0261. The highest BCUT2D eigenvalue weighted by molar-refractivity contribution is 5.71. The molecule has 6 nitrogen and oxygen atoms in total. The molecule has 1 atom stereocenters. The third-order valence-corrected chi connectivity index (χ3v) is 12.6. The van der Waals surface area contributed by atoms with Crippen molar-refractivity contribution >= 4 is 17.9 Å². The van der Waals surface area contributed by atoms with Gasteiger partial charge in [-0.3, -0.25) is 14.4 Å². The summed E-state index contributed by atoms with van der Waals surface area (Å²) in [7, 11) is 0. The standard InChI is InChI=1S/C74H114O6/c1-4-7-10-13-16-19-22-25-28-29-30-31-32-33-34-35-36-37-38-39-40-41-42-43-44-45-47-49-52-55-58-61-64-67-73(76)79-70-71(69-78-72(75)66-63-60-57-54-51-48-27-24-21-18-15-12-9-6-3)80-74(77)68-65-62-59-56-53-50-46-26-23-20-17-14-11-8-5-2/h7-8,10-11,15-20,24-28,30-31,33-34,36-37,39-40,42-43,45-47,53,56,71H,4-6,9,12-14,21-23,29,32,35,38,41,44,48-52,54-55,57-70H2,1-3H3/b10-7-,11-8-,18-15-,19-16-,20-17-,27-24-,28-25-,31-30-,34-33-,37-36-,40-39-,43-42-,46-26-,47-45-,56-53-. The van der Waals surface area contributed by atoms with E-state index in [1.54, 1.807) is 0 Å². The van der Waals surface area contributed by atoms with Crippen LogP contribution in [-0.2, 0) is 28.6 Å². The van der Waals surface area contributed by atoms with Crippen molar-refractivity contribution in [3.63, 3.8) is 0 Å². The summed E-state index contributed by atoms with van der Waals surface area (Å²) in [6, 6.07) is 0. The molecule has 0 N–H and O–H groups in total. The van der Waals surface area contributed by atoms with E-state index in [2.05, 4.69) is 203 Å². The minimum absolute atomic E-state index is 0.117. The van der Waals surface area contributed by atoms with Crippen molar-refractivity contribution in [1.82, 2.24) is 0 Å². The van der Waals surface area contributed by atoms with Crippen LogP contribution >= 0.6 is 0 Å². The molecule has 0 saturated heterocycles. The highest BCUT2D eigenvalue weighted by Gasteiger charge is 2.19. The molecule has 446 valence electrons. The number of unbranched alkanes of at least 4 members (excludes halogenated alkanes) is 14. The molecular formula is C74H114O6. The van der Waals surface area contributed by atoms with Crippen molar-refractivity contribution in [1.29, 1.82) is 0 Å². The normalized spacial score (nSPS) is 13.4. The maximum Gasteiger partial charge on any atom is 0.306 e. The first kappa shape index (κ1) is 74.5. The van der Waals surface area contributed by atoms with Crippen LogP contribution in [-0.4, -0.2) is 37.2 Å². The molecule has 0 aliphatic heterocycles. The van der Waals surface area contributed by atoms with Crippen LogP contribution in [0, 0.1) is 0 Å². The van der Waals surface area contributed by atoms with Gasteiger partial charge in [0.15, 0.2) is 6.10 Å². The lowest BCUT2D eigenvalue weighted by Gasteiger charge is -2.18. The van der Waals surface area contributed by atoms with Crippen molar-refractivity contribution in [2.45, 2.75) is 252 Å². The van der Waals surface area contributed by atoms with Crippen LogP contribution in [0.5, 0.6) is 0 Å². The fourth-order valence-corrected chi connectivity index (χ4v) is 7.91. The van der Waals surface area contributed by atoms with E-state index in [0.29, 0.717) is 19.3 Å². The minimum atomic E-state index is -0.824. The van der Waals surface area contributed by atoms with Crippen molar-refractivity contribution in [2.75, 3.05) is 13.2 Å². The van der Waals surface area contributed by atoms with E-state index in [-0.39, 0.29) is 37.5 Å². The first-order valence-corrected chi connectivity index (χ1v) is 31.8. The Morgan fingerprint density at radius 2 is 0.487 bits per heavy atom. The number of allylic oxidation sites excluding steroid dienone is 30. The molecule has 0 radical (unpaired) electrons. The molecule has 0 fully saturated rings. The van der Waals surface area contributed by atoms with Crippen LogP contribution in [0.15, 0.2) is 182 Å². The average Bonchev–Trinajstić information content (AvgIpc) is 3.46. The van der Waals surface area contributed by atoms with Crippen molar-refractivity contribution in [3.05, 3.63) is 182 Å². The fraction of sp³-hybridized carbons (Fsp3) is 0.554. The van der Waals surface area contributed by atoms with Crippen LogP contribution in [0.25, 0.3) is 0 Å². The number of hydrogen-bond donors (Lipinski definition) is 0. The highest BCUT2D eigenvalue weighted by atomic mass is 16.6. The lowest BCUT2D eigenvalue weighted by Crippen LogP contribution is -2.30. The molecule has 0 saturated carbocycles. The second-order valence-electron chi connectivity index (χ2n) is 20.2. The van der Waals surface area contributed by atoms with Gasteiger partial charge in [-0.1, -0.05) is 254 Å². The smallest absolute Gasteiger partial charge is 0.306 e. The van der Waals surface area contributed by atoms with Crippen LogP contribution < -0.4 is 0 Å². The molecule has 0 aliphatic carbocycles. The van der Waals surface area contributed by atoms with Gasteiger partial charge < -0.3 is 14.2 Å². The van der Waals surface area contributed by atoms with Gasteiger partial charge in [-0.05, 0) is 154 Å². The lowest BCUT2D eigenvalue weighted by molar-refractivity contribution is -0.167. The van der Waals surface area contributed by atoms with Crippen molar-refractivity contribution < 1.29 is 28.6 Å². The highest BCUT2D eigenvalue weighted by Crippen LogP contribution is 2.13. The van der Waals surface area contributed by atoms with Gasteiger partial charge in [-0.25, -0.2) is 0 Å². The molecule has 80 heavy (non-hydrogen) atoms. The van der Waals surface area contributed by atoms with E-state index in [9.17, 15) is 14.4 Å². The topological polar surface area (TPSA) is 78.9 Å². The summed E-state index contributed by atoms with van der Waals surface area (Å²) in [6.07, 6.45) is 99.0. The zero-order valence-corrected chi connectivity index (χ0v) is 51.0. The fourth-order valence-electron chi connectivity index (χ4n) is 7.91. The van der Waals surface area contributed by atoms with E-state index < -0.39 is 6.10 Å². The molecule has 0 rings (SSSR count). The summed E-state index contributed by atoms with van der Waals surface area (Å²) < 4.78 is 16.8. The van der Waals surface area contributed by atoms with Crippen molar-refractivity contribution in [3.8, 4) is 0 Å². The number of rotatable bonds is 55. The molecule has 0 aromatic rings.